The summed E-state index contributed by atoms with van der Waals surface area (Å²) in [5.41, 5.74) is 0.787. The van der Waals surface area contributed by atoms with Crippen LogP contribution in [0.25, 0.3) is 11.2 Å². The van der Waals surface area contributed by atoms with Crippen molar-refractivity contribution in [1.29, 1.82) is 0 Å². The molecular weight excluding hydrogens is 444 g/mol. The van der Waals surface area contributed by atoms with Crippen LogP contribution in [0, 0.1) is 20.8 Å². The molecule has 11 heteroatoms. The average Bonchev–Trinajstić information content (AvgIpc) is 3.21. The predicted molar refractivity (Wildman–Crippen MR) is 121 cm³/mol. The summed E-state index contributed by atoms with van der Waals surface area (Å²) in [6.45, 7) is 6.64. The van der Waals surface area contributed by atoms with Gasteiger partial charge in [0.2, 0.25) is 5.60 Å². The van der Waals surface area contributed by atoms with Gasteiger partial charge in [0.05, 0.1) is 6.33 Å². The lowest BCUT2D eigenvalue weighted by Crippen LogP contribution is -2.44. The zero-order valence-corrected chi connectivity index (χ0v) is 19.9. The maximum atomic E-state index is 12.9. The summed E-state index contributed by atoms with van der Waals surface area (Å²) in [7, 11) is 2.86. The Kier molecular flexibility index (Phi) is 5.38. The molecule has 0 saturated carbocycles. The topological polar surface area (TPSA) is 135 Å². The van der Waals surface area contributed by atoms with Crippen LogP contribution in [0.3, 0.4) is 0 Å². The molecule has 0 bridgehead atoms. The predicted octanol–water partition coefficient (Wildman–Crippen LogP) is 1.13. The number of carbonyl (C=O) groups is 2. The highest BCUT2D eigenvalue weighted by Gasteiger charge is 2.41. The summed E-state index contributed by atoms with van der Waals surface area (Å²) < 4.78 is 15.2. The van der Waals surface area contributed by atoms with Crippen LogP contribution >= 0.6 is 0 Å². The third kappa shape index (κ3) is 3.39. The number of esters is 1. The number of carbonyl (C=O) groups excluding carboxylic acids is 1. The molecule has 3 heterocycles. The van der Waals surface area contributed by atoms with Crippen LogP contribution in [-0.4, -0.2) is 41.3 Å². The van der Waals surface area contributed by atoms with Crippen LogP contribution in [0.4, 0.5) is 0 Å². The van der Waals surface area contributed by atoms with Crippen molar-refractivity contribution in [3.8, 4) is 11.5 Å². The molecule has 0 spiro atoms. The maximum absolute atomic E-state index is 12.9. The SMILES string of the molecule is Cc1c(C)c2c(c(C)c1OC(=O)Cn1cnc3c1c(=O)n(C)c(=O)n3C)CCC(C)(C(=O)O)O2. The third-order valence-corrected chi connectivity index (χ3v) is 6.68. The minimum Gasteiger partial charge on any atom is -0.478 e. The van der Waals surface area contributed by atoms with Gasteiger partial charge in [-0.3, -0.25) is 13.9 Å². The molecule has 3 aromatic rings. The number of benzene rings is 1. The number of fused-ring (bicyclic) bond motifs is 2. The van der Waals surface area contributed by atoms with Crippen LogP contribution in [0.15, 0.2) is 15.9 Å². The van der Waals surface area contributed by atoms with Gasteiger partial charge in [-0.25, -0.2) is 19.4 Å². The molecule has 4 rings (SSSR count). The molecule has 0 fully saturated rings. The molecule has 180 valence electrons. The first-order valence-corrected chi connectivity index (χ1v) is 10.7. The Hall–Kier alpha value is -3.89. The van der Waals surface area contributed by atoms with Crippen molar-refractivity contribution in [1.82, 2.24) is 18.7 Å². The van der Waals surface area contributed by atoms with Crippen molar-refractivity contribution in [2.45, 2.75) is 52.7 Å². The first kappa shape index (κ1) is 23.3. The number of rotatable bonds is 4. The molecule has 1 unspecified atom stereocenters. The minimum atomic E-state index is -1.32. The van der Waals surface area contributed by atoms with Gasteiger partial charge in [0.15, 0.2) is 11.2 Å². The van der Waals surface area contributed by atoms with Crippen LogP contribution in [0.2, 0.25) is 0 Å². The molecule has 1 atom stereocenters. The molecular formula is C23H26N4O7. The van der Waals surface area contributed by atoms with Gasteiger partial charge in [0, 0.05) is 26.1 Å². The van der Waals surface area contributed by atoms with E-state index >= 15 is 0 Å². The van der Waals surface area contributed by atoms with Crippen LogP contribution < -0.4 is 20.7 Å². The quantitative estimate of drug-likeness (QED) is 0.443. The molecule has 1 aliphatic heterocycles. The first-order valence-electron chi connectivity index (χ1n) is 10.7. The largest absolute Gasteiger partial charge is 0.478 e. The summed E-state index contributed by atoms with van der Waals surface area (Å²) in [6.07, 6.45) is 2.08. The van der Waals surface area contributed by atoms with Gasteiger partial charge in [0.1, 0.15) is 18.0 Å². The number of imidazole rings is 1. The smallest absolute Gasteiger partial charge is 0.347 e. The fraction of sp³-hybridized carbons (Fsp3) is 0.435. The number of carboxylic acid groups (broad SMARTS) is 1. The Morgan fingerprint density at radius 2 is 1.82 bits per heavy atom. The number of aromatic nitrogens is 4. The van der Waals surface area contributed by atoms with Crippen molar-refractivity contribution < 1.29 is 24.2 Å². The number of hydrogen-bond donors (Lipinski definition) is 1. The van der Waals surface area contributed by atoms with Crippen molar-refractivity contribution in [2.75, 3.05) is 0 Å². The summed E-state index contributed by atoms with van der Waals surface area (Å²) >= 11 is 0. The van der Waals surface area contributed by atoms with Gasteiger partial charge < -0.3 is 19.1 Å². The van der Waals surface area contributed by atoms with E-state index < -0.39 is 28.8 Å². The van der Waals surface area contributed by atoms with E-state index in [0.29, 0.717) is 34.6 Å². The molecule has 1 aliphatic rings. The second kappa shape index (κ2) is 7.86. The molecule has 1 aromatic carbocycles. The first-order chi connectivity index (χ1) is 15.9. The zero-order valence-electron chi connectivity index (χ0n) is 19.9. The third-order valence-electron chi connectivity index (χ3n) is 6.68. The van der Waals surface area contributed by atoms with Gasteiger partial charge >= 0.3 is 17.6 Å². The summed E-state index contributed by atoms with van der Waals surface area (Å²) in [5.74, 6) is -0.753. The molecule has 34 heavy (non-hydrogen) atoms. The Morgan fingerprint density at radius 1 is 1.15 bits per heavy atom. The van der Waals surface area contributed by atoms with Gasteiger partial charge in [0.25, 0.3) is 5.56 Å². The van der Waals surface area contributed by atoms with Crippen LogP contribution in [-0.2, 0) is 36.6 Å². The van der Waals surface area contributed by atoms with E-state index in [9.17, 15) is 24.3 Å². The van der Waals surface area contributed by atoms with Crippen molar-refractivity contribution in [2.24, 2.45) is 14.1 Å². The minimum absolute atomic E-state index is 0.123. The highest BCUT2D eigenvalue weighted by Crippen LogP contribution is 2.43. The van der Waals surface area contributed by atoms with E-state index in [-0.39, 0.29) is 24.1 Å². The maximum Gasteiger partial charge on any atom is 0.347 e. The molecule has 0 amide bonds. The van der Waals surface area contributed by atoms with Crippen LogP contribution in [0.5, 0.6) is 11.5 Å². The van der Waals surface area contributed by atoms with Crippen molar-refractivity contribution >= 4 is 23.1 Å². The van der Waals surface area contributed by atoms with Crippen LogP contribution in [0.1, 0.15) is 35.6 Å². The van der Waals surface area contributed by atoms with E-state index in [0.717, 1.165) is 10.1 Å². The molecule has 1 N–H and O–H groups in total. The Morgan fingerprint density at radius 3 is 2.47 bits per heavy atom. The van der Waals surface area contributed by atoms with Gasteiger partial charge in [-0.1, -0.05) is 0 Å². The normalized spacial score (nSPS) is 17.4. The fourth-order valence-corrected chi connectivity index (χ4v) is 4.34. The fourth-order valence-electron chi connectivity index (χ4n) is 4.34. The van der Waals surface area contributed by atoms with E-state index in [1.807, 2.05) is 0 Å². The second-order valence-electron chi connectivity index (χ2n) is 8.87. The number of ether oxygens (including phenoxy) is 2. The van der Waals surface area contributed by atoms with E-state index in [1.54, 1.807) is 27.7 Å². The van der Waals surface area contributed by atoms with Crippen molar-refractivity contribution in [3.63, 3.8) is 0 Å². The molecule has 0 aliphatic carbocycles. The Bertz CT molecular complexity index is 1490. The number of nitrogens with zero attached hydrogens (tertiary/aromatic N) is 4. The lowest BCUT2D eigenvalue weighted by Gasteiger charge is -2.35. The standard InChI is InChI=1S/C23H26N4O7/c1-11-12(2)18-14(7-8-23(4,34-18)21(30)31)13(3)17(11)33-15(28)9-27-10-24-19-16(27)20(29)26(6)22(32)25(19)5/h10H,7-9H2,1-6H3,(H,30,31). The molecule has 0 radical (unpaired) electrons. The number of aryl methyl sites for hydroxylation is 1. The Balaban J connectivity index is 1.68. The molecule has 0 saturated heterocycles. The lowest BCUT2D eigenvalue weighted by molar-refractivity contribution is -0.155. The lowest BCUT2D eigenvalue weighted by atomic mass is 9.87. The zero-order chi connectivity index (χ0) is 25.1. The van der Waals surface area contributed by atoms with Gasteiger partial charge in [-0.15, -0.1) is 0 Å². The van der Waals surface area contributed by atoms with Crippen molar-refractivity contribution in [3.05, 3.63) is 49.4 Å². The highest BCUT2D eigenvalue weighted by atomic mass is 16.5. The molecule has 11 nitrogen and oxygen atoms in total. The van der Waals surface area contributed by atoms with Gasteiger partial charge in [-0.05, 0) is 50.8 Å². The van der Waals surface area contributed by atoms with E-state index in [4.69, 9.17) is 9.47 Å². The average molecular weight is 470 g/mol. The molecule has 2 aromatic heterocycles. The number of hydrogen-bond acceptors (Lipinski definition) is 7. The van der Waals surface area contributed by atoms with E-state index in [2.05, 4.69) is 4.98 Å². The number of carboxylic acids is 1. The summed E-state index contributed by atoms with van der Waals surface area (Å²) in [5, 5.41) is 9.55. The summed E-state index contributed by atoms with van der Waals surface area (Å²) in [4.78, 5) is 53.4. The van der Waals surface area contributed by atoms with E-state index in [1.165, 1.54) is 29.6 Å². The second-order valence-corrected chi connectivity index (χ2v) is 8.87. The Labute approximate surface area is 194 Å². The van der Waals surface area contributed by atoms with Gasteiger partial charge in [-0.2, -0.15) is 0 Å². The number of aliphatic carboxylic acids is 1. The monoisotopic (exact) mass is 470 g/mol. The summed E-state index contributed by atoms with van der Waals surface area (Å²) in [6, 6.07) is 0. The highest BCUT2D eigenvalue weighted by molar-refractivity contribution is 5.80.